The minimum Gasteiger partial charge on any atom is -0.489 e. The van der Waals surface area contributed by atoms with E-state index >= 15 is 0 Å². The lowest BCUT2D eigenvalue weighted by Crippen LogP contribution is -2.22. The number of ether oxygens (including phenoxy) is 1. The van der Waals surface area contributed by atoms with Crippen molar-refractivity contribution >= 4 is 18.4 Å². The van der Waals surface area contributed by atoms with Gasteiger partial charge in [-0.3, -0.25) is 9.89 Å². The van der Waals surface area contributed by atoms with E-state index in [1.54, 1.807) is 13.1 Å². The van der Waals surface area contributed by atoms with Gasteiger partial charge in [-0.25, -0.2) is 0 Å². The minimum atomic E-state index is -0.345. The highest BCUT2D eigenvalue weighted by molar-refractivity contribution is 7.71. The highest BCUT2D eigenvalue weighted by atomic mass is 32.1. The molecule has 3 rings (SSSR count). The number of H-pyrrole nitrogens is 1. The van der Waals surface area contributed by atoms with Gasteiger partial charge >= 0.3 is 0 Å². The first-order valence-electron chi connectivity index (χ1n) is 9.29. The smallest absolute Gasteiger partial charge is 0.296 e. The number of nitrogens with zero attached hydrogens (tertiary/aromatic N) is 3. The molecule has 3 aromatic rings. The van der Waals surface area contributed by atoms with E-state index in [1.807, 2.05) is 24.3 Å². The van der Waals surface area contributed by atoms with E-state index in [1.165, 1.54) is 5.56 Å². The molecule has 0 unspecified atom stereocenters. The third kappa shape index (κ3) is 5.26. The maximum absolute atomic E-state index is 12.0. The highest BCUT2D eigenvalue weighted by Crippen LogP contribution is 2.22. The summed E-state index contributed by atoms with van der Waals surface area (Å²) in [6, 6.07) is 16.0. The molecule has 0 radical (unpaired) electrons. The molecular formula is C22H24N4O2S. The summed E-state index contributed by atoms with van der Waals surface area (Å²) in [6.45, 7) is 8.69. The van der Waals surface area contributed by atoms with Crippen molar-refractivity contribution in [1.29, 1.82) is 0 Å². The Morgan fingerprint density at radius 1 is 1.14 bits per heavy atom. The molecule has 1 N–H and O–H groups in total. The summed E-state index contributed by atoms with van der Waals surface area (Å²) in [5.41, 5.74) is 3.33. The number of aryl methyl sites for hydroxylation is 1. The van der Waals surface area contributed by atoms with Gasteiger partial charge in [0.15, 0.2) is 0 Å². The van der Waals surface area contributed by atoms with Crippen LogP contribution in [0.4, 0.5) is 0 Å². The molecule has 0 amide bonds. The predicted molar refractivity (Wildman–Crippen MR) is 117 cm³/mol. The lowest BCUT2D eigenvalue weighted by Gasteiger charge is -2.19. The molecule has 0 saturated heterocycles. The van der Waals surface area contributed by atoms with Gasteiger partial charge in [0.05, 0.1) is 6.21 Å². The zero-order valence-corrected chi connectivity index (χ0v) is 17.8. The maximum atomic E-state index is 12.0. The van der Waals surface area contributed by atoms with Crippen molar-refractivity contribution in [3.05, 3.63) is 86.0 Å². The van der Waals surface area contributed by atoms with E-state index in [9.17, 15) is 4.79 Å². The lowest BCUT2D eigenvalue weighted by atomic mass is 9.87. The number of benzene rings is 2. The summed E-state index contributed by atoms with van der Waals surface area (Å²) in [6.07, 6.45) is 1.57. The van der Waals surface area contributed by atoms with Crippen molar-refractivity contribution in [2.75, 3.05) is 0 Å². The molecule has 0 aliphatic heterocycles. The van der Waals surface area contributed by atoms with Crippen LogP contribution in [0, 0.1) is 11.7 Å². The summed E-state index contributed by atoms with van der Waals surface area (Å²) in [4.78, 5) is 12.0. The maximum Gasteiger partial charge on any atom is 0.296 e. The molecule has 0 aliphatic carbocycles. The topological polar surface area (TPSA) is 72.3 Å². The average Bonchev–Trinajstić information content (AvgIpc) is 2.70. The molecule has 0 spiro atoms. The molecule has 1 heterocycles. The Morgan fingerprint density at radius 2 is 1.79 bits per heavy atom. The molecule has 2 aromatic carbocycles. The van der Waals surface area contributed by atoms with E-state index < -0.39 is 0 Å². The summed E-state index contributed by atoms with van der Waals surface area (Å²) in [5, 5.41) is 10.6. The van der Waals surface area contributed by atoms with Gasteiger partial charge in [-0.15, -0.1) is 0 Å². The zero-order valence-electron chi connectivity index (χ0n) is 17.0. The van der Waals surface area contributed by atoms with Gasteiger partial charge in [0.25, 0.3) is 5.56 Å². The molecule has 0 bridgehead atoms. The molecule has 0 fully saturated rings. The fraction of sp³-hybridized carbons (Fsp3) is 0.273. The Labute approximate surface area is 174 Å². The van der Waals surface area contributed by atoms with Gasteiger partial charge in [0.1, 0.15) is 18.1 Å². The quantitative estimate of drug-likeness (QED) is 0.503. The van der Waals surface area contributed by atoms with Crippen LogP contribution >= 0.6 is 12.2 Å². The van der Waals surface area contributed by atoms with Gasteiger partial charge in [0.2, 0.25) is 4.77 Å². The van der Waals surface area contributed by atoms with Crippen LogP contribution in [-0.4, -0.2) is 21.1 Å². The Bertz CT molecular complexity index is 1120. The van der Waals surface area contributed by atoms with Crippen molar-refractivity contribution in [2.45, 2.75) is 39.7 Å². The largest absolute Gasteiger partial charge is 0.489 e. The third-order valence-corrected chi connectivity index (χ3v) is 4.71. The van der Waals surface area contributed by atoms with Crippen LogP contribution < -0.4 is 10.3 Å². The van der Waals surface area contributed by atoms with Crippen molar-refractivity contribution in [2.24, 2.45) is 5.10 Å². The Balaban J connectivity index is 1.64. The first-order chi connectivity index (χ1) is 13.7. The van der Waals surface area contributed by atoms with Crippen LogP contribution in [-0.2, 0) is 12.0 Å². The Kier molecular flexibility index (Phi) is 6.08. The number of nitrogens with one attached hydrogen (secondary N) is 1. The van der Waals surface area contributed by atoms with Gasteiger partial charge in [-0.1, -0.05) is 45.0 Å². The van der Waals surface area contributed by atoms with Crippen LogP contribution in [0.15, 0.2) is 58.4 Å². The summed E-state index contributed by atoms with van der Waals surface area (Å²) in [5.74, 6) is 0.760. The van der Waals surface area contributed by atoms with E-state index in [-0.39, 0.29) is 15.7 Å². The van der Waals surface area contributed by atoms with Crippen molar-refractivity contribution in [1.82, 2.24) is 14.9 Å². The molecule has 7 heteroatoms. The van der Waals surface area contributed by atoms with Gasteiger partial charge in [-0.05, 0) is 65.5 Å². The third-order valence-electron chi connectivity index (χ3n) is 4.44. The highest BCUT2D eigenvalue weighted by Gasteiger charge is 2.12. The number of hydrogen-bond donors (Lipinski definition) is 1. The van der Waals surface area contributed by atoms with Crippen LogP contribution in [0.3, 0.4) is 0 Å². The lowest BCUT2D eigenvalue weighted by molar-refractivity contribution is 0.306. The normalized spacial score (nSPS) is 11.7. The monoisotopic (exact) mass is 408 g/mol. The summed E-state index contributed by atoms with van der Waals surface area (Å²) >= 11 is 5.06. The molecule has 0 atom stereocenters. The second kappa shape index (κ2) is 8.53. The number of aromatic nitrogens is 3. The number of aromatic amines is 1. The average molecular weight is 409 g/mol. The number of rotatable bonds is 5. The van der Waals surface area contributed by atoms with E-state index in [2.05, 4.69) is 60.3 Å². The Morgan fingerprint density at radius 3 is 2.41 bits per heavy atom. The first kappa shape index (κ1) is 20.7. The SMILES string of the molecule is Cc1n[nH]c(=S)n(/N=C/c2ccc(OCc3ccc(C(C)(C)C)cc3)cc2)c1=O. The molecule has 29 heavy (non-hydrogen) atoms. The molecule has 0 saturated carbocycles. The van der Waals surface area contributed by atoms with Gasteiger partial charge in [-0.2, -0.15) is 14.9 Å². The predicted octanol–water partition coefficient (Wildman–Crippen LogP) is 4.37. The van der Waals surface area contributed by atoms with Crippen LogP contribution in [0.1, 0.15) is 43.2 Å². The standard InChI is InChI=1S/C22H24N4O2S/c1-15-20(27)26(21(29)25-24-15)23-13-16-7-11-19(12-8-16)28-14-17-5-9-18(10-6-17)22(2,3)4/h5-13H,14H2,1-4H3,(H,25,29)/b23-13+. The Hall–Kier alpha value is -3.06. The van der Waals surface area contributed by atoms with E-state index in [0.717, 1.165) is 21.6 Å². The van der Waals surface area contributed by atoms with E-state index in [0.29, 0.717) is 12.3 Å². The molecular weight excluding hydrogens is 384 g/mol. The fourth-order valence-electron chi connectivity index (χ4n) is 2.62. The van der Waals surface area contributed by atoms with Gasteiger partial charge < -0.3 is 4.74 Å². The summed E-state index contributed by atoms with van der Waals surface area (Å²) < 4.78 is 7.12. The molecule has 0 aliphatic rings. The minimum absolute atomic E-state index is 0.140. The van der Waals surface area contributed by atoms with Crippen LogP contribution in [0.25, 0.3) is 0 Å². The molecule has 1 aromatic heterocycles. The van der Waals surface area contributed by atoms with Crippen LogP contribution in [0.5, 0.6) is 5.75 Å². The van der Waals surface area contributed by atoms with Crippen molar-refractivity contribution in [3.8, 4) is 5.75 Å². The summed E-state index contributed by atoms with van der Waals surface area (Å²) in [7, 11) is 0. The fourth-order valence-corrected chi connectivity index (χ4v) is 2.80. The number of hydrogen-bond acceptors (Lipinski definition) is 5. The van der Waals surface area contributed by atoms with E-state index in [4.69, 9.17) is 17.0 Å². The first-order valence-corrected chi connectivity index (χ1v) is 9.70. The molecule has 150 valence electrons. The van der Waals surface area contributed by atoms with Crippen LogP contribution in [0.2, 0.25) is 0 Å². The molecule has 6 nitrogen and oxygen atoms in total. The van der Waals surface area contributed by atoms with Crippen molar-refractivity contribution < 1.29 is 4.74 Å². The second-order valence-corrected chi connectivity index (χ2v) is 8.17. The van der Waals surface area contributed by atoms with Crippen molar-refractivity contribution in [3.63, 3.8) is 0 Å². The zero-order chi connectivity index (χ0) is 21.0. The van der Waals surface area contributed by atoms with Gasteiger partial charge in [0, 0.05) is 0 Å². The second-order valence-electron chi connectivity index (χ2n) is 7.78.